The Kier molecular flexibility index (Phi) is 3.85. The molecule has 2 aromatic rings. The van der Waals surface area contributed by atoms with Crippen molar-refractivity contribution in [1.82, 2.24) is 10.3 Å². The van der Waals surface area contributed by atoms with Gasteiger partial charge in [-0.2, -0.15) is 0 Å². The van der Waals surface area contributed by atoms with Crippen molar-refractivity contribution in [2.75, 3.05) is 20.3 Å². The zero-order valence-electron chi connectivity index (χ0n) is 11.8. The summed E-state index contributed by atoms with van der Waals surface area (Å²) in [6, 6.07) is 10.6. The van der Waals surface area contributed by atoms with Gasteiger partial charge >= 0.3 is 0 Å². The van der Waals surface area contributed by atoms with E-state index in [-0.39, 0.29) is 5.41 Å². The average molecular weight is 272 g/mol. The summed E-state index contributed by atoms with van der Waals surface area (Å²) in [4.78, 5) is 4.38. The molecule has 0 atom stereocenters. The highest BCUT2D eigenvalue weighted by Gasteiger charge is 2.50. The molecule has 20 heavy (non-hydrogen) atoms. The van der Waals surface area contributed by atoms with Gasteiger partial charge in [0, 0.05) is 20.2 Å². The predicted octanol–water partition coefficient (Wildman–Crippen LogP) is 2.49. The predicted molar refractivity (Wildman–Crippen MR) is 76.5 cm³/mol. The van der Waals surface area contributed by atoms with Crippen LogP contribution in [-0.4, -0.2) is 25.2 Å². The number of nitrogens with one attached hydrogen (secondary N) is 1. The van der Waals surface area contributed by atoms with Gasteiger partial charge in [0.15, 0.2) is 6.39 Å². The molecule has 0 amide bonds. The molecule has 4 nitrogen and oxygen atoms in total. The highest BCUT2D eigenvalue weighted by atomic mass is 16.5. The normalized spacial score (nSPS) is 16.2. The van der Waals surface area contributed by atoms with Crippen LogP contribution in [0.1, 0.15) is 29.9 Å². The number of nitrogens with zero attached hydrogens (tertiary/aromatic N) is 1. The van der Waals surface area contributed by atoms with Crippen molar-refractivity contribution in [3.8, 4) is 0 Å². The number of hydrogen-bond acceptors (Lipinski definition) is 4. The summed E-state index contributed by atoms with van der Waals surface area (Å²) in [7, 11) is 1.71. The lowest BCUT2D eigenvalue weighted by Gasteiger charge is -2.14. The van der Waals surface area contributed by atoms with Crippen molar-refractivity contribution in [3.05, 3.63) is 53.7 Å². The van der Waals surface area contributed by atoms with E-state index in [2.05, 4.69) is 34.6 Å². The third-order valence-electron chi connectivity index (χ3n) is 3.93. The van der Waals surface area contributed by atoms with E-state index in [0.29, 0.717) is 6.61 Å². The number of ether oxygens (including phenoxy) is 1. The Morgan fingerprint density at radius 1 is 1.30 bits per heavy atom. The third-order valence-corrected chi connectivity index (χ3v) is 3.93. The van der Waals surface area contributed by atoms with Crippen LogP contribution in [0.3, 0.4) is 0 Å². The van der Waals surface area contributed by atoms with Gasteiger partial charge in [-0.3, -0.25) is 0 Å². The van der Waals surface area contributed by atoms with Gasteiger partial charge in [-0.15, -0.1) is 0 Å². The summed E-state index contributed by atoms with van der Waals surface area (Å²) in [5.74, 6) is 1.02. The van der Waals surface area contributed by atoms with Gasteiger partial charge < -0.3 is 14.5 Å². The molecule has 0 spiro atoms. The molecule has 1 N–H and O–H groups in total. The molecule has 3 rings (SSSR count). The molecule has 0 saturated heterocycles. The lowest BCUT2D eigenvalue weighted by atomic mass is 9.92. The molecule has 1 aliphatic rings. The van der Waals surface area contributed by atoms with Crippen LogP contribution in [0.2, 0.25) is 0 Å². The van der Waals surface area contributed by atoms with Crippen LogP contribution in [0, 0.1) is 0 Å². The van der Waals surface area contributed by atoms with E-state index in [1.54, 1.807) is 13.5 Å². The molecule has 1 aliphatic carbocycles. The highest BCUT2D eigenvalue weighted by Crippen LogP contribution is 2.54. The molecular formula is C16H20N2O2. The van der Waals surface area contributed by atoms with E-state index in [4.69, 9.17) is 9.15 Å². The Bertz CT molecular complexity index is 547. The first kappa shape index (κ1) is 13.3. The molecule has 106 valence electrons. The fraction of sp³-hybridized carbons (Fsp3) is 0.438. The van der Waals surface area contributed by atoms with Crippen LogP contribution in [0.15, 0.2) is 41.1 Å². The van der Waals surface area contributed by atoms with Crippen molar-refractivity contribution in [1.29, 1.82) is 0 Å². The second-order valence-electron chi connectivity index (χ2n) is 5.25. The topological polar surface area (TPSA) is 47.3 Å². The van der Waals surface area contributed by atoms with Crippen molar-refractivity contribution in [3.63, 3.8) is 0 Å². The first-order valence-electron chi connectivity index (χ1n) is 7.05. The van der Waals surface area contributed by atoms with Gasteiger partial charge in [0.25, 0.3) is 0 Å². The maximum Gasteiger partial charge on any atom is 0.181 e. The largest absolute Gasteiger partial charge is 0.447 e. The zero-order valence-corrected chi connectivity index (χ0v) is 11.8. The summed E-state index contributed by atoms with van der Waals surface area (Å²) >= 11 is 0. The summed E-state index contributed by atoms with van der Waals surface area (Å²) in [5, 5.41) is 3.33. The quantitative estimate of drug-likeness (QED) is 0.787. The first-order chi connectivity index (χ1) is 9.87. The van der Waals surface area contributed by atoms with Gasteiger partial charge in [-0.05, 0) is 18.4 Å². The number of aromatic nitrogens is 1. The van der Waals surface area contributed by atoms with Crippen LogP contribution in [0.4, 0.5) is 0 Å². The molecule has 1 aromatic carbocycles. The lowest BCUT2D eigenvalue weighted by Crippen LogP contribution is -2.21. The second kappa shape index (κ2) is 5.77. The number of benzene rings is 1. The maximum atomic E-state index is 5.72. The van der Waals surface area contributed by atoms with Crippen molar-refractivity contribution >= 4 is 0 Å². The number of methoxy groups -OCH3 is 1. The molecule has 1 heterocycles. The number of oxazole rings is 1. The lowest BCUT2D eigenvalue weighted by molar-refractivity contribution is 0.199. The zero-order chi connectivity index (χ0) is 13.8. The van der Waals surface area contributed by atoms with Gasteiger partial charge in [0.2, 0.25) is 0 Å². The first-order valence-corrected chi connectivity index (χ1v) is 7.05. The smallest absolute Gasteiger partial charge is 0.181 e. The van der Waals surface area contributed by atoms with Crippen LogP contribution in [-0.2, 0) is 16.7 Å². The Morgan fingerprint density at radius 3 is 2.80 bits per heavy atom. The standard InChI is InChI=1S/C16H20N2O2/c1-19-10-9-17-11-14-15(20-12-18-14)16(7-8-16)13-5-3-2-4-6-13/h2-6,12,17H,7-11H2,1H3. The van der Waals surface area contributed by atoms with Crippen molar-refractivity contribution in [2.45, 2.75) is 24.8 Å². The van der Waals surface area contributed by atoms with Crippen LogP contribution in [0.25, 0.3) is 0 Å². The van der Waals surface area contributed by atoms with E-state index < -0.39 is 0 Å². The molecule has 1 aromatic heterocycles. The van der Waals surface area contributed by atoms with E-state index in [1.165, 1.54) is 5.56 Å². The van der Waals surface area contributed by atoms with E-state index in [1.807, 2.05) is 6.07 Å². The van der Waals surface area contributed by atoms with Crippen LogP contribution in [0.5, 0.6) is 0 Å². The molecule has 0 unspecified atom stereocenters. The Labute approximate surface area is 119 Å². The fourth-order valence-corrected chi connectivity index (χ4v) is 2.69. The Hall–Kier alpha value is -1.65. The van der Waals surface area contributed by atoms with Gasteiger partial charge in [-0.25, -0.2) is 4.98 Å². The van der Waals surface area contributed by atoms with E-state index in [0.717, 1.165) is 37.4 Å². The molecule has 1 fully saturated rings. The van der Waals surface area contributed by atoms with Gasteiger partial charge in [-0.1, -0.05) is 30.3 Å². The Morgan fingerprint density at radius 2 is 2.10 bits per heavy atom. The molecule has 0 bridgehead atoms. The van der Waals surface area contributed by atoms with Gasteiger partial charge in [0.05, 0.1) is 17.7 Å². The van der Waals surface area contributed by atoms with Crippen LogP contribution < -0.4 is 5.32 Å². The third kappa shape index (κ3) is 2.49. The van der Waals surface area contributed by atoms with Crippen molar-refractivity contribution < 1.29 is 9.15 Å². The summed E-state index contributed by atoms with van der Waals surface area (Å²) < 4.78 is 10.8. The molecular weight excluding hydrogens is 252 g/mol. The average Bonchev–Trinajstić information content (AvgIpc) is 3.17. The van der Waals surface area contributed by atoms with E-state index in [9.17, 15) is 0 Å². The molecule has 4 heteroatoms. The SMILES string of the molecule is COCCNCc1ncoc1C1(c2ccccc2)CC1. The molecule has 0 aliphatic heterocycles. The summed E-state index contributed by atoms with van der Waals surface area (Å²) in [5.41, 5.74) is 2.40. The maximum absolute atomic E-state index is 5.72. The van der Waals surface area contributed by atoms with E-state index >= 15 is 0 Å². The number of rotatable bonds is 7. The second-order valence-corrected chi connectivity index (χ2v) is 5.25. The molecule has 0 radical (unpaired) electrons. The summed E-state index contributed by atoms with van der Waals surface area (Å²) in [6.07, 6.45) is 3.83. The highest BCUT2D eigenvalue weighted by molar-refractivity contribution is 5.42. The Balaban J connectivity index is 1.76. The summed E-state index contributed by atoms with van der Waals surface area (Å²) in [6.45, 7) is 2.25. The monoisotopic (exact) mass is 272 g/mol. The molecule has 1 saturated carbocycles. The minimum atomic E-state index is 0.0516. The minimum absolute atomic E-state index is 0.0516. The van der Waals surface area contributed by atoms with Crippen LogP contribution >= 0.6 is 0 Å². The number of hydrogen-bond donors (Lipinski definition) is 1. The van der Waals surface area contributed by atoms with Crippen molar-refractivity contribution in [2.24, 2.45) is 0 Å². The minimum Gasteiger partial charge on any atom is -0.447 e. The fourth-order valence-electron chi connectivity index (χ4n) is 2.69. The van der Waals surface area contributed by atoms with Gasteiger partial charge in [0.1, 0.15) is 5.76 Å².